The number of amides is 1. The average molecular weight is 266 g/mol. The summed E-state index contributed by atoms with van der Waals surface area (Å²) in [6.07, 6.45) is 1.17. The smallest absolute Gasteiger partial charge is 0.224 e. The molecule has 106 valence electrons. The molecule has 1 amide bonds. The van der Waals surface area contributed by atoms with Gasteiger partial charge in [0, 0.05) is 31.5 Å². The van der Waals surface area contributed by atoms with E-state index in [9.17, 15) is 4.79 Å². The molecule has 1 unspecified atom stereocenters. The minimum absolute atomic E-state index is 0.0337. The molecule has 0 aromatic heterocycles. The summed E-state index contributed by atoms with van der Waals surface area (Å²) >= 11 is 0. The van der Waals surface area contributed by atoms with E-state index in [-0.39, 0.29) is 12.0 Å². The van der Waals surface area contributed by atoms with Gasteiger partial charge in [0.2, 0.25) is 5.91 Å². The monoisotopic (exact) mass is 266 g/mol. The Labute approximate surface area is 114 Å². The van der Waals surface area contributed by atoms with E-state index >= 15 is 0 Å². The van der Waals surface area contributed by atoms with Gasteiger partial charge in [-0.25, -0.2) is 0 Å². The Bertz CT molecular complexity index is 396. The molecule has 0 aliphatic carbocycles. The SMILES string of the molecule is COCC(C)OCCCC(=O)Nc1cccc(N)c1. The molecule has 0 aliphatic rings. The maximum Gasteiger partial charge on any atom is 0.224 e. The highest BCUT2D eigenvalue weighted by Crippen LogP contribution is 2.12. The van der Waals surface area contributed by atoms with Gasteiger partial charge in [0.15, 0.2) is 0 Å². The van der Waals surface area contributed by atoms with Gasteiger partial charge in [0.1, 0.15) is 0 Å². The Morgan fingerprint density at radius 1 is 1.47 bits per heavy atom. The lowest BCUT2D eigenvalue weighted by molar-refractivity contribution is -0.116. The number of anilines is 2. The highest BCUT2D eigenvalue weighted by molar-refractivity contribution is 5.91. The van der Waals surface area contributed by atoms with E-state index in [1.54, 1.807) is 25.3 Å². The van der Waals surface area contributed by atoms with Crippen LogP contribution >= 0.6 is 0 Å². The number of rotatable bonds is 8. The third-order valence-corrected chi connectivity index (χ3v) is 2.52. The van der Waals surface area contributed by atoms with Crippen molar-refractivity contribution in [3.05, 3.63) is 24.3 Å². The number of benzene rings is 1. The summed E-state index contributed by atoms with van der Waals surface area (Å²) in [4.78, 5) is 11.7. The van der Waals surface area contributed by atoms with Crippen LogP contribution in [-0.2, 0) is 14.3 Å². The Morgan fingerprint density at radius 2 is 2.26 bits per heavy atom. The van der Waals surface area contributed by atoms with Crippen molar-refractivity contribution in [2.75, 3.05) is 31.4 Å². The first-order valence-electron chi connectivity index (χ1n) is 6.37. The van der Waals surface area contributed by atoms with Crippen LogP contribution in [-0.4, -0.2) is 32.3 Å². The second kappa shape index (κ2) is 8.50. The lowest BCUT2D eigenvalue weighted by Crippen LogP contribution is -2.17. The van der Waals surface area contributed by atoms with Crippen LogP contribution in [0.4, 0.5) is 11.4 Å². The standard InChI is InChI=1S/C14H22N2O3/c1-11(10-18-2)19-8-4-7-14(17)16-13-6-3-5-12(15)9-13/h3,5-6,9,11H,4,7-8,10,15H2,1-2H3,(H,16,17). The molecule has 1 aromatic carbocycles. The summed E-state index contributed by atoms with van der Waals surface area (Å²) in [5.74, 6) is -0.0337. The van der Waals surface area contributed by atoms with Crippen molar-refractivity contribution >= 4 is 17.3 Å². The molecule has 0 bridgehead atoms. The molecular formula is C14H22N2O3. The average Bonchev–Trinajstić information content (AvgIpc) is 2.35. The van der Waals surface area contributed by atoms with Crippen LogP contribution in [0.15, 0.2) is 24.3 Å². The van der Waals surface area contributed by atoms with Crippen molar-refractivity contribution in [3.63, 3.8) is 0 Å². The largest absolute Gasteiger partial charge is 0.399 e. The zero-order chi connectivity index (χ0) is 14.1. The molecule has 0 saturated carbocycles. The van der Waals surface area contributed by atoms with Gasteiger partial charge in [-0.3, -0.25) is 4.79 Å². The first kappa shape index (κ1) is 15.5. The molecule has 0 aliphatic heterocycles. The molecule has 1 aromatic rings. The predicted molar refractivity (Wildman–Crippen MR) is 76.0 cm³/mol. The Morgan fingerprint density at radius 3 is 2.95 bits per heavy atom. The summed E-state index contributed by atoms with van der Waals surface area (Å²) in [5.41, 5.74) is 6.99. The van der Waals surface area contributed by atoms with Crippen LogP contribution < -0.4 is 11.1 Å². The molecule has 19 heavy (non-hydrogen) atoms. The maximum absolute atomic E-state index is 11.7. The number of hydrogen-bond donors (Lipinski definition) is 2. The van der Waals surface area contributed by atoms with Gasteiger partial charge in [-0.15, -0.1) is 0 Å². The fraction of sp³-hybridized carbons (Fsp3) is 0.500. The Kier molecular flexibility index (Phi) is 6.92. The normalized spacial score (nSPS) is 12.1. The molecule has 5 heteroatoms. The van der Waals surface area contributed by atoms with Crippen molar-refractivity contribution in [2.24, 2.45) is 0 Å². The summed E-state index contributed by atoms with van der Waals surface area (Å²) in [5, 5.41) is 2.80. The van der Waals surface area contributed by atoms with Crippen molar-refractivity contribution < 1.29 is 14.3 Å². The molecule has 1 atom stereocenters. The van der Waals surface area contributed by atoms with Crippen molar-refractivity contribution in [2.45, 2.75) is 25.9 Å². The van der Waals surface area contributed by atoms with Gasteiger partial charge >= 0.3 is 0 Å². The predicted octanol–water partition coefficient (Wildman–Crippen LogP) is 2.04. The van der Waals surface area contributed by atoms with Crippen LogP contribution in [0.5, 0.6) is 0 Å². The molecule has 0 spiro atoms. The number of nitrogens with one attached hydrogen (secondary N) is 1. The Hall–Kier alpha value is -1.59. The van der Waals surface area contributed by atoms with Gasteiger partial charge in [-0.05, 0) is 31.5 Å². The van der Waals surface area contributed by atoms with E-state index in [0.29, 0.717) is 31.7 Å². The van der Waals surface area contributed by atoms with E-state index in [2.05, 4.69) is 5.32 Å². The van der Waals surface area contributed by atoms with Gasteiger partial charge in [-0.1, -0.05) is 6.07 Å². The van der Waals surface area contributed by atoms with Crippen LogP contribution in [0.3, 0.4) is 0 Å². The van der Waals surface area contributed by atoms with Crippen molar-refractivity contribution in [3.8, 4) is 0 Å². The molecule has 0 radical (unpaired) electrons. The van der Waals surface area contributed by atoms with Crippen LogP contribution in [0.25, 0.3) is 0 Å². The minimum Gasteiger partial charge on any atom is -0.399 e. The quantitative estimate of drug-likeness (QED) is 0.558. The second-order valence-electron chi connectivity index (χ2n) is 4.41. The molecule has 0 fully saturated rings. The van der Waals surface area contributed by atoms with E-state index in [1.165, 1.54) is 0 Å². The summed E-state index contributed by atoms with van der Waals surface area (Å²) in [6.45, 7) is 3.06. The van der Waals surface area contributed by atoms with Crippen molar-refractivity contribution in [1.82, 2.24) is 0 Å². The zero-order valence-corrected chi connectivity index (χ0v) is 11.5. The molecular weight excluding hydrogens is 244 g/mol. The van der Waals surface area contributed by atoms with E-state index in [1.807, 2.05) is 13.0 Å². The Balaban J connectivity index is 2.18. The number of carbonyl (C=O) groups is 1. The number of nitrogens with two attached hydrogens (primary N) is 1. The second-order valence-corrected chi connectivity index (χ2v) is 4.41. The van der Waals surface area contributed by atoms with Crippen LogP contribution in [0.2, 0.25) is 0 Å². The van der Waals surface area contributed by atoms with Crippen LogP contribution in [0, 0.1) is 0 Å². The van der Waals surface area contributed by atoms with E-state index in [4.69, 9.17) is 15.2 Å². The first-order chi connectivity index (χ1) is 9.11. The lowest BCUT2D eigenvalue weighted by Gasteiger charge is -2.11. The lowest BCUT2D eigenvalue weighted by atomic mass is 10.2. The zero-order valence-electron chi connectivity index (χ0n) is 11.5. The van der Waals surface area contributed by atoms with Gasteiger partial charge in [0.05, 0.1) is 12.7 Å². The number of ether oxygens (including phenoxy) is 2. The van der Waals surface area contributed by atoms with E-state index in [0.717, 1.165) is 5.69 Å². The minimum atomic E-state index is -0.0337. The summed E-state index contributed by atoms with van der Waals surface area (Å²) < 4.78 is 10.4. The first-order valence-corrected chi connectivity index (χ1v) is 6.37. The third kappa shape index (κ3) is 6.79. The van der Waals surface area contributed by atoms with Crippen LogP contribution in [0.1, 0.15) is 19.8 Å². The molecule has 0 saturated heterocycles. The van der Waals surface area contributed by atoms with Crippen molar-refractivity contribution in [1.29, 1.82) is 0 Å². The maximum atomic E-state index is 11.7. The molecule has 1 rings (SSSR count). The number of hydrogen-bond acceptors (Lipinski definition) is 4. The number of nitrogen functional groups attached to an aromatic ring is 1. The van der Waals surface area contributed by atoms with Gasteiger partial charge < -0.3 is 20.5 Å². The highest BCUT2D eigenvalue weighted by atomic mass is 16.5. The molecule has 0 heterocycles. The molecule has 3 N–H and O–H groups in total. The fourth-order valence-corrected chi connectivity index (χ4v) is 1.64. The van der Waals surface area contributed by atoms with Gasteiger partial charge in [0.25, 0.3) is 0 Å². The highest BCUT2D eigenvalue weighted by Gasteiger charge is 2.04. The topological polar surface area (TPSA) is 73.6 Å². The molecule has 5 nitrogen and oxygen atoms in total. The fourth-order valence-electron chi connectivity index (χ4n) is 1.64. The van der Waals surface area contributed by atoms with Gasteiger partial charge in [-0.2, -0.15) is 0 Å². The summed E-state index contributed by atoms with van der Waals surface area (Å²) in [6, 6.07) is 7.13. The number of carbonyl (C=O) groups excluding carboxylic acids is 1. The van der Waals surface area contributed by atoms with E-state index < -0.39 is 0 Å². The summed E-state index contributed by atoms with van der Waals surface area (Å²) in [7, 11) is 1.64. The third-order valence-electron chi connectivity index (χ3n) is 2.52. The number of methoxy groups -OCH3 is 1.